The van der Waals surface area contributed by atoms with Crippen LogP contribution >= 0.6 is 0 Å². The molecule has 1 aromatic heterocycles. The first-order valence-corrected chi connectivity index (χ1v) is 7.46. The minimum Gasteiger partial charge on any atom is -0.354 e. The highest BCUT2D eigenvalue weighted by Crippen LogP contribution is 2.17. The van der Waals surface area contributed by atoms with Gasteiger partial charge in [0.2, 0.25) is 0 Å². The summed E-state index contributed by atoms with van der Waals surface area (Å²) in [4.78, 5) is 6.75. The number of hydrazine groups is 1. The molecule has 21 heavy (non-hydrogen) atoms. The first kappa shape index (κ1) is 13.9. The number of hydrogen-bond donors (Lipinski definition) is 1. The minimum atomic E-state index is 0.990. The van der Waals surface area contributed by atoms with Gasteiger partial charge < -0.3 is 10.3 Å². The average molecular weight is 282 g/mol. The van der Waals surface area contributed by atoms with Crippen LogP contribution < -0.4 is 10.3 Å². The fourth-order valence-electron chi connectivity index (χ4n) is 2.81. The minimum absolute atomic E-state index is 0.990. The van der Waals surface area contributed by atoms with Crippen molar-refractivity contribution in [1.29, 1.82) is 0 Å². The van der Waals surface area contributed by atoms with Gasteiger partial charge in [-0.3, -0.25) is 0 Å². The number of piperazine rings is 1. The molecule has 1 aliphatic rings. The maximum absolute atomic E-state index is 4.42. The van der Waals surface area contributed by atoms with Crippen LogP contribution in [0.25, 0.3) is 0 Å². The van der Waals surface area contributed by atoms with Gasteiger partial charge in [-0.2, -0.15) is 0 Å². The van der Waals surface area contributed by atoms with Gasteiger partial charge in [0.05, 0.1) is 0 Å². The summed E-state index contributed by atoms with van der Waals surface area (Å²) in [5.74, 6) is 1.07. The highest BCUT2D eigenvalue weighted by Gasteiger charge is 2.17. The predicted molar refractivity (Wildman–Crippen MR) is 87.6 cm³/mol. The van der Waals surface area contributed by atoms with E-state index in [1.165, 1.54) is 16.8 Å². The molecule has 1 aromatic carbocycles. The molecule has 1 fully saturated rings. The Morgan fingerprint density at radius 2 is 1.67 bits per heavy atom. The molecular weight excluding hydrogens is 260 g/mol. The van der Waals surface area contributed by atoms with Crippen molar-refractivity contribution in [3.63, 3.8) is 0 Å². The number of nitrogens with one attached hydrogen (secondary N) is 1. The molecule has 0 spiro atoms. The van der Waals surface area contributed by atoms with Crippen LogP contribution in [-0.2, 0) is 0 Å². The summed E-state index contributed by atoms with van der Waals surface area (Å²) in [7, 11) is 0. The van der Waals surface area contributed by atoms with E-state index in [-0.39, 0.29) is 0 Å². The average Bonchev–Trinajstić information content (AvgIpc) is 2.48. The Bertz CT molecular complexity index is 569. The lowest BCUT2D eigenvalue weighted by Gasteiger charge is -2.36. The van der Waals surface area contributed by atoms with Crippen LogP contribution in [0.4, 0.5) is 11.5 Å². The second-order valence-electron chi connectivity index (χ2n) is 5.65. The molecule has 0 radical (unpaired) electrons. The summed E-state index contributed by atoms with van der Waals surface area (Å²) in [6.07, 6.45) is 1.86. The third-order valence-corrected chi connectivity index (χ3v) is 3.76. The number of pyridine rings is 1. The largest absolute Gasteiger partial charge is 0.354 e. The lowest BCUT2D eigenvalue weighted by molar-refractivity contribution is 0.307. The van der Waals surface area contributed by atoms with Crippen LogP contribution in [-0.4, -0.2) is 36.2 Å². The molecule has 0 unspecified atom stereocenters. The molecule has 4 nitrogen and oxygen atoms in total. The zero-order chi connectivity index (χ0) is 14.7. The van der Waals surface area contributed by atoms with Gasteiger partial charge in [-0.1, -0.05) is 12.1 Å². The Morgan fingerprint density at radius 1 is 0.952 bits per heavy atom. The summed E-state index contributed by atoms with van der Waals surface area (Å²) >= 11 is 0. The van der Waals surface area contributed by atoms with Crippen molar-refractivity contribution < 1.29 is 0 Å². The second-order valence-corrected chi connectivity index (χ2v) is 5.65. The monoisotopic (exact) mass is 282 g/mol. The van der Waals surface area contributed by atoms with Crippen LogP contribution in [0.3, 0.4) is 0 Å². The van der Waals surface area contributed by atoms with Gasteiger partial charge in [0.1, 0.15) is 5.82 Å². The van der Waals surface area contributed by atoms with Gasteiger partial charge in [-0.05, 0) is 49.2 Å². The lowest BCUT2D eigenvalue weighted by atomic mass is 10.1. The number of aromatic nitrogens is 1. The van der Waals surface area contributed by atoms with E-state index in [1.807, 2.05) is 18.3 Å². The third-order valence-electron chi connectivity index (χ3n) is 3.76. The highest BCUT2D eigenvalue weighted by atomic mass is 15.5. The van der Waals surface area contributed by atoms with Crippen molar-refractivity contribution in [2.75, 3.05) is 36.5 Å². The molecule has 0 bridgehead atoms. The van der Waals surface area contributed by atoms with E-state index in [0.717, 1.165) is 32.0 Å². The molecule has 2 heterocycles. The van der Waals surface area contributed by atoms with Crippen LogP contribution in [0.5, 0.6) is 0 Å². The summed E-state index contributed by atoms with van der Waals surface area (Å²) in [5, 5.41) is 2.29. The van der Waals surface area contributed by atoms with Crippen molar-refractivity contribution in [2.24, 2.45) is 0 Å². The van der Waals surface area contributed by atoms with Crippen molar-refractivity contribution in [3.8, 4) is 0 Å². The second kappa shape index (κ2) is 6.14. The van der Waals surface area contributed by atoms with Crippen LogP contribution in [0, 0.1) is 13.8 Å². The molecule has 0 saturated carbocycles. The first-order valence-electron chi connectivity index (χ1n) is 7.46. The van der Waals surface area contributed by atoms with Gasteiger partial charge in [0.25, 0.3) is 0 Å². The van der Waals surface area contributed by atoms with Crippen molar-refractivity contribution in [1.82, 2.24) is 9.99 Å². The smallest absolute Gasteiger partial charge is 0.128 e. The zero-order valence-electron chi connectivity index (χ0n) is 12.7. The lowest BCUT2D eigenvalue weighted by Crippen LogP contribution is -2.48. The van der Waals surface area contributed by atoms with Gasteiger partial charge >= 0.3 is 0 Å². The van der Waals surface area contributed by atoms with Crippen molar-refractivity contribution in [3.05, 3.63) is 53.7 Å². The Hall–Kier alpha value is -2.07. The molecule has 3 rings (SSSR count). The third kappa shape index (κ3) is 3.52. The maximum atomic E-state index is 4.42. The SMILES string of the molecule is Cc1cc(C)cc(NN2CCN(c3ccccn3)CC2)c1. The van der Waals surface area contributed by atoms with Crippen LogP contribution in [0.1, 0.15) is 11.1 Å². The molecule has 110 valence electrons. The molecule has 4 heteroatoms. The molecule has 1 aliphatic heterocycles. The summed E-state index contributed by atoms with van der Waals surface area (Å²) < 4.78 is 0. The Balaban J connectivity index is 1.58. The topological polar surface area (TPSA) is 31.4 Å². The maximum Gasteiger partial charge on any atom is 0.128 e. The van der Waals surface area contributed by atoms with E-state index in [0.29, 0.717) is 0 Å². The van der Waals surface area contributed by atoms with Gasteiger partial charge in [0, 0.05) is 38.1 Å². The Labute approximate surface area is 126 Å². The highest BCUT2D eigenvalue weighted by molar-refractivity contribution is 5.48. The molecule has 0 aliphatic carbocycles. The van der Waals surface area contributed by atoms with Crippen LogP contribution in [0.15, 0.2) is 42.6 Å². The van der Waals surface area contributed by atoms with Gasteiger partial charge in [-0.25, -0.2) is 9.99 Å². The first-order chi connectivity index (χ1) is 10.2. The summed E-state index contributed by atoms with van der Waals surface area (Å²) in [6, 6.07) is 12.7. The fourth-order valence-corrected chi connectivity index (χ4v) is 2.81. The summed E-state index contributed by atoms with van der Waals surface area (Å²) in [6.45, 7) is 8.24. The number of benzene rings is 1. The number of hydrogen-bond acceptors (Lipinski definition) is 4. The standard InChI is InChI=1S/C17H22N4/c1-14-11-15(2)13-16(12-14)19-21-9-7-20(8-10-21)17-5-3-4-6-18-17/h3-6,11-13,19H,7-10H2,1-2H3. The van der Waals surface area contributed by atoms with Gasteiger partial charge in [-0.15, -0.1) is 0 Å². The molecular formula is C17H22N4. The molecule has 0 amide bonds. The van der Waals surface area contributed by atoms with E-state index in [1.54, 1.807) is 0 Å². The van der Waals surface area contributed by atoms with E-state index < -0.39 is 0 Å². The number of rotatable bonds is 3. The van der Waals surface area contributed by atoms with Crippen molar-refractivity contribution in [2.45, 2.75) is 13.8 Å². The number of anilines is 2. The quantitative estimate of drug-likeness (QED) is 0.938. The summed E-state index contributed by atoms with van der Waals surface area (Å²) in [5.41, 5.74) is 7.29. The number of nitrogens with zero attached hydrogens (tertiary/aromatic N) is 3. The van der Waals surface area contributed by atoms with E-state index in [9.17, 15) is 0 Å². The zero-order valence-corrected chi connectivity index (χ0v) is 12.7. The van der Waals surface area contributed by atoms with Crippen LogP contribution in [0.2, 0.25) is 0 Å². The van der Waals surface area contributed by atoms with E-state index in [4.69, 9.17) is 0 Å². The normalized spacial score (nSPS) is 16.0. The molecule has 0 atom stereocenters. The van der Waals surface area contributed by atoms with E-state index >= 15 is 0 Å². The van der Waals surface area contributed by atoms with E-state index in [2.05, 4.69) is 58.4 Å². The molecule has 1 saturated heterocycles. The Morgan fingerprint density at radius 3 is 2.29 bits per heavy atom. The molecule has 1 N–H and O–H groups in total. The predicted octanol–water partition coefficient (Wildman–Crippen LogP) is 2.85. The number of aryl methyl sites for hydroxylation is 2. The fraction of sp³-hybridized carbons (Fsp3) is 0.353. The Kier molecular flexibility index (Phi) is 4.06. The van der Waals surface area contributed by atoms with Gasteiger partial charge in [0.15, 0.2) is 0 Å². The van der Waals surface area contributed by atoms with Crippen molar-refractivity contribution >= 4 is 11.5 Å². The molecule has 2 aromatic rings.